The highest BCUT2D eigenvalue weighted by Crippen LogP contribution is 2.24. The van der Waals surface area contributed by atoms with E-state index < -0.39 is 0 Å². The van der Waals surface area contributed by atoms with Gasteiger partial charge in [0.05, 0.1) is 0 Å². The molecule has 0 N–H and O–H groups in total. The Morgan fingerprint density at radius 3 is 1.03 bits per heavy atom. The van der Waals surface area contributed by atoms with Crippen LogP contribution in [0.1, 0.15) is 181 Å². The Morgan fingerprint density at radius 2 is 0.657 bits per heavy atom. The van der Waals surface area contributed by atoms with Crippen LogP contribution in [0.25, 0.3) is 0 Å². The van der Waals surface area contributed by atoms with Crippen molar-refractivity contribution >= 4 is 0 Å². The van der Waals surface area contributed by atoms with Gasteiger partial charge in [0.15, 0.2) is 0 Å². The van der Waals surface area contributed by atoms with Gasteiger partial charge >= 0.3 is 0 Å². The summed E-state index contributed by atoms with van der Waals surface area (Å²) in [5.41, 5.74) is 0. The molecule has 208 valence electrons. The molecule has 0 fully saturated rings. The van der Waals surface area contributed by atoms with E-state index in [2.05, 4.69) is 43.0 Å². The van der Waals surface area contributed by atoms with Gasteiger partial charge in [0, 0.05) is 25.5 Å². The summed E-state index contributed by atoms with van der Waals surface area (Å²) in [4.78, 5) is 5.36. The molecule has 35 heavy (non-hydrogen) atoms. The highest BCUT2D eigenvalue weighted by molar-refractivity contribution is 4.97. The second kappa shape index (κ2) is 25.0. The third-order valence-corrected chi connectivity index (χ3v) is 8.07. The fraction of sp³-hybridized carbons (Fsp3) is 0.939. The number of hydrogen-bond acceptors (Lipinski definition) is 2. The maximum Gasteiger partial charge on any atom is 0.101 e. The normalized spacial score (nSPS) is 15.6. The van der Waals surface area contributed by atoms with Crippen LogP contribution in [0.3, 0.4) is 0 Å². The van der Waals surface area contributed by atoms with Gasteiger partial charge in [-0.2, -0.15) is 0 Å². The molecule has 0 saturated heterocycles. The van der Waals surface area contributed by atoms with Crippen LogP contribution in [-0.4, -0.2) is 29.1 Å². The SMILES string of the molecule is CCCCCCCCCCCCCCCCC1N(CCCCCC)C=CN1CCCCCCCC. The molecule has 0 aromatic heterocycles. The Labute approximate surface area is 222 Å². The summed E-state index contributed by atoms with van der Waals surface area (Å²) >= 11 is 0. The maximum absolute atomic E-state index is 2.68. The molecule has 1 atom stereocenters. The molecule has 1 heterocycles. The standard InChI is InChI=1S/C33H66N2/c1-4-7-10-13-15-16-17-18-19-20-21-22-23-25-28-33-34(29-26-12-9-6-3)31-32-35(33)30-27-24-14-11-8-5-2/h31-33H,4-30H2,1-3H3. The van der Waals surface area contributed by atoms with E-state index in [9.17, 15) is 0 Å². The van der Waals surface area contributed by atoms with Crippen LogP contribution in [-0.2, 0) is 0 Å². The molecule has 0 amide bonds. The Balaban J connectivity index is 2.13. The fourth-order valence-corrected chi connectivity index (χ4v) is 5.66. The molecule has 2 heteroatoms. The predicted molar refractivity (Wildman–Crippen MR) is 159 cm³/mol. The van der Waals surface area contributed by atoms with Crippen molar-refractivity contribution in [1.82, 2.24) is 9.80 Å². The van der Waals surface area contributed by atoms with Gasteiger partial charge in [-0.25, -0.2) is 0 Å². The average molecular weight is 491 g/mol. The van der Waals surface area contributed by atoms with Crippen LogP contribution >= 0.6 is 0 Å². The summed E-state index contributed by atoms with van der Waals surface area (Å²) in [5.74, 6) is 0. The third kappa shape index (κ3) is 18.3. The molecule has 0 bridgehead atoms. The molecule has 2 nitrogen and oxygen atoms in total. The fourth-order valence-electron chi connectivity index (χ4n) is 5.66. The van der Waals surface area contributed by atoms with Gasteiger partial charge in [-0.05, 0) is 25.7 Å². The van der Waals surface area contributed by atoms with E-state index in [4.69, 9.17) is 0 Å². The first-order chi connectivity index (χ1) is 17.3. The lowest BCUT2D eigenvalue weighted by Gasteiger charge is -2.33. The van der Waals surface area contributed by atoms with E-state index in [0.29, 0.717) is 6.17 Å². The summed E-state index contributed by atoms with van der Waals surface area (Å²) in [5, 5.41) is 0. The topological polar surface area (TPSA) is 6.48 Å². The van der Waals surface area contributed by atoms with E-state index in [0.717, 1.165) is 0 Å². The molecule has 1 aliphatic rings. The number of hydrogen-bond donors (Lipinski definition) is 0. The zero-order valence-corrected chi connectivity index (χ0v) is 24.7. The van der Waals surface area contributed by atoms with Crippen LogP contribution in [0.5, 0.6) is 0 Å². The van der Waals surface area contributed by atoms with Gasteiger partial charge in [0.1, 0.15) is 6.17 Å². The largest absolute Gasteiger partial charge is 0.356 e. The Morgan fingerprint density at radius 1 is 0.371 bits per heavy atom. The first-order valence-corrected chi connectivity index (χ1v) is 16.5. The Hall–Kier alpha value is -0.660. The summed E-state index contributed by atoms with van der Waals surface area (Å²) < 4.78 is 0. The van der Waals surface area contributed by atoms with Crippen LogP contribution in [0, 0.1) is 0 Å². The summed E-state index contributed by atoms with van der Waals surface area (Å²) in [6.07, 6.45) is 41.0. The van der Waals surface area contributed by atoms with Crippen LogP contribution in [0.2, 0.25) is 0 Å². The van der Waals surface area contributed by atoms with Crippen molar-refractivity contribution in [2.75, 3.05) is 13.1 Å². The Bertz CT molecular complexity index is 446. The van der Waals surface area contributed by atoms with Gasteiger partial charge in [0.25, 0.3) is 0 Å². The first-order valence-electron chi connectivity index (χ1n) is 16.5. The second-order valence-electron chi connectivity index (χ2n) is 11.5. The molecule has 0 saturated carbocycles. The Kier molecular flexibility index (Phi) is 23.1. The third-order valence-electron chi connectivity index (χ3n) is 8.07. The van der Waals surface area contributed by atoms with Crippen LogP contribution in [0.15, 0.2) is 12.4 Å². The van der Waals surface area contributed by atoms with E-state index in [1.54, 1.807) is 0 Å². The number of rotatable bonds is 27. The van der Waals surface area contributed by atoms with Gasteiger partial charge < -0.3 is 9.80 Å². The predicted octanol–water partition coefficient (Wildman–Crippen LogP) is 11.2. The molecular weight excluding hydrogens is 424 g/mol. The van der Waals surface area contributed by atoms with Crippen molar-refractivity contribution < 1.29 is 0 Å². The van der Waals surface area contributed by atoms with Crippen molar-refractivity contribution in [3.05, 3.63) is 12.4 Å². The minimum absolute atomic E-state index is 0.643. The molecule has 0 aromatic rings. The lowest BCUT2D eigenvalue weighted by molar-refractivity contribution is 0.135. The molecule has 0 aromatic carbocycles. The van der Waals surface area contributed by atoms with E-state index >= 15 is 0 Å². The van der Waals surface area contributed by atoms with Crippen LogP contribution in [0.4, 0.5) is 0 Å². The monoisotopic (exact) mass is 491 g/mol. The zero-order valence-electron chi connectivity index (χ0n) is 24.7. The molecule has 0 radical (unpaired) electrons. The first kappa shape index (κ1) is 32.4. The van der Waals surface area contributed by atoms with E-state index in [1.165, 1.54) is 174 Å². The van der Waals surface area contributed by atoms with Gasteiger partial charge in [0.2, 0.25) is 0 Å². The van der Waals surface area contributed by atoms with Crippen molar-refractivity contribution in [1.29, 1.82) is 0 Å². The van der Waals surface area contributed by atoms with Crippen molar-refractivity contribution in [3.63, 3.8) is 0 Å². The molecule has 1 unspecified atom stereocenters. The lowest BCUT2D eigenvalue weighted by Crippen LogP contribution is -2.39. The zero-order chi connectivity index (χ0) is 25.2. The van der Waals surface area contributed by atoms with Gasteiger partial charge in [-0.3, -0.25) is 0 Å². The smallest absolute Gasteiger partial charge is 0.101 e. The van der Waals surface area contributed by atoms with Gasteiger partial charge in [-0.1, -0.05) is 156 Å². The van der Waals surface area contributed by atoms with Crippen molar-refractivity contribution in [2.24, 2.45) is 0 Å². The molecule has 1 rings (SSSR count). The quantitative estimate of drug-likeness (QED) is 0.106. The van der Waals surface area contributed by atoms with Gasteiger partial charge in [-0.15, -0.1) is 0 Å². The highest BCUT2D eigenvalue weighted by Gasteiger charge is 2.24. The average Bonchev–Trinajstić information content (AvgIpc) is 3.25. The molecule has 0 aliphatic carbocycles. The number of nitrogens with zero attached hydrogens (tertiary/aromatic N) is 2. The van der Waals surface area contributed by atoms with Crippen molar-refractivity contribution in [2.45, 2.75) is 187 Å². The van der Waals surface area contributed by atoms with E-state index in [-0.39, 0.29) is 0 Å². The minimum atomic E-state index is 0.643. The summed E-state index contributed by atoms with van der Waals surface area (Å²) in [6.45, 7) is 9.45. The molecule has 0 spiro atoms. The highest BCUT2D eigenvalue weighted by atomic mass is 15.4. The van der Waals surface area contributed by atoms with E-state index in [1.807, 2.05) is 0 Å². The minimum Gasteiger partial charge on any atom is -0.356 e. The molecule has 1 aliphatic heterocycles. The second-order valence-corrected chi connectivity index (χ2v) is 11.5. The van der Waals surface area contributed by atoms with Crippen LogP contribution < -0.4 is 0 Å². The summed E-state index contributed by atoms with van der Waals surface area (Å²) in [7, 11) is 0. The number of unbranched alkanes of at least 4 members (excludes halogenated alkanes) is 21. The maximum atomic E-state index is 2.68. The lowest BCUT2D eigenvalue weighted by atomic mass is 10.0. The molecular formula is C33H66N2. The summed E-state index contributed by atoms with van der Waals surface area (Å²) in [6, 6.07) is 0. The van der Waals surface area contributed by atoms with Crippen molar-refractivity contribution in [3.8, 4) is 0 Å².